The fourth-order valence-corrected chi connectivity index (χ4v) is 2.61. The zero-order valence-corrected chi connectivity index (χ0v) is 18.6. The molecule has 0 saturated heterocycles. The molecule has 0 rings (SSSR count). The zero-order chi connectivity index (χ0) is 25.9. The van der Waals surface area contributed by atoms with E-state index in [4.69, 9.17) is 15.9 Å². The van der Waals surface area contributed by atoms with E-state index in [2.05, 4.69) is 16.0 Å². The molecule has 0 aliphatic rings. The number of carbonyl (C=O) groups is 6. The van der Waals surface area contributed by atoms with Crippen molar-refractivity contribution in [3.05, 3.63) is 0 Å². The van der Waals surface area contributed by atoms with Crippen LogP contribution in [0.25, 0.3) is 0 Å². The first-order chi connectivity index (χ1) is 15.2. The highest BCUT2D eigenvalue weighted by atomic mass is 16.4. The molecule has 14 nitrogen and oxygen atoms in total. The first kappa shape index (κ1) is 29.7. The third kappa shape index (κ3) is 10.7. The highest BCUT2D eigenvalue weighted by Gasteiger charge is 2.34. The molecule has 14 heteroatoms. The number of carboxylic acid groups (broad SMARTS) is 3. The molecule has 0 aliphatic carbocycles. The molecule has 0 spiro atoms. The van der Waals surface area contributed by atoms with Crippen LogP contribution in [0.1, 0.15) is 46.5 Å². The number of aliphatic carboxylic acids is 3. The van der Waals surface area contributed by atoms with Crippen molar-refractivity contribution in [2.24, 2.45) is 11.7 Å². The van der Waals surface area contributed by atoms with E-state index in [0.717, 1.165) is 0 Å². The van der Waals surface area contributed by atoms with E-state index in [1.807, 2.05) is 0 Å². The molecule has 0 radical (unpaired) electrons. The smallest absolute Gasteiger partial charge is 0.326 e. The highest BCUT2D eigenvalue weighted by Crippen LogP contribution is 2.10. The Bertz CT molecular complexity index is 742. The Morgan fingerprint density at radius 3 is 1.79 bits per heavy atom. The lowest BCUT2D eigenvalue weighted by Gasteiger charge is -2.27. The van der Waals surface area contributed by atoms with Gasteiger partial charge in [0.05, 0.1) is 12.5 Å². The fraction of sp³-hybridized carbons (Fsp3) is 0.684. The Morgan fingerprint density at radius 1 is 0.818 bits per heavy atom. The Morgan fingerprint density at radius 2 is 1.36 bits per heavy atom. The molecule has 6 atom stereocenters. The molecule has 0 aromatic heterocycles. The second-order valence-electron chi connectivity index (χ2n) is 7.63. The zero-order valence-electron chi connectivity index (χ0n) is 18.6. The Kier molecular flexibility index (Phi) is 12.6. The number of hydrogen-bond donors (Lipinski definition) is 8. The second kappa shape index (κ2) is 14.0. The normalized spacial score (nSPS) is 16.3. The van der Waals surface area contributed by atoms with Crippen LogP contribution in [0, 0.1) is 5.92 Å². The molecular weight excluding hydrogens is 444 g/mol. The first-order valence-corrected chi connectivity index (χ1v) is 10.2. The fourth-order valence-electron chi connectivity index (χ4n) is 2.61. The summed E-state index contributed by atoms with van der Waals surface area (Å²) in [4.78, 5) is 70.7. The van der Waals surface area contributed by atoms with Gasteiger partial charge in [-0.1, -0.05) is 20.3 Å². The quantitative estimate of drug-likeness (QED) is 0.124. The summed E-state index contributed by atoms with van der Waals surface area (Å²) in [6.07, 6.45) is -2.69. The van der Waals surface area contributed by atoms with Gasteiger partial charge in [0.15, 0.2) is 0 Å². The summed E-state index contributed by atoms with van der Waals surface area (Å²) >= 11 is 0. The molecule has 0 aromatic carbocycles. The van der Waals surface area contributed by atoms with Crippen LogP contribution in [0.5, 0.6) is 0 Å². The highest BCUT2D eigenvalue weighted by molar-refractivity contribution is 5.95. The third-order valence-electron chi connectivity index (χ3n) is 4.89. The second-order valence-corrected chi connectivity index (χ2v) is 7.63. The summed E-state index contributed by atoms with van der Waals surface area (Å²) in [6, 6.07) is -5.92. The van der Waals surface area contributed by atoms with Gasteiger partial charge in [-0.05, 0) is 19.3 Å². The number of nitrogens with two attached hydrogens (primary N) is 1. The Balaban J connectivity index is 5.59. The molecule has 6 unspecified atom stereocenters. The van der Waals surface area contributed by atoms with Crippen molar-refractivity contribution in [3.63, 3.8) is 0 Å². The van der Waals surface area contributed by atoms with Crippen LogP contribution < -0.4 is 21.7 Å². The number of rotatable bonds is 15. The van der Waals surface area contributed by atoms with E-state index in [0.29, 0.717) is 6.42 Å². The minimum atomic E-state index is -1.64. The van der Waals surface area contributed by atoms with Crippen LogP contribution in [-0.2, 0) is 28.8 Å². The molecule has 0 aromatic rings. The van der Waals surface area contributed by atoms with Gasteiger partial charge in [-0.2, -0.15) is 0 Å². The topological polar surface area (TPSA) is 245 Å². The van der Waals surface area contributed by atoms with Gasteiger partial charge in [-0.15, -0.1) is 0 Å². The number of hydrogen-bond acceptors (Lipinski definition) is 8. The predicted octanol–water partition coefficient (Wildman–Crippen LogP) is -2.38. The number of aliphatic hydroxyl groups excluding tert-OH is 1. The lowest BCUT2D eigenvalue weighted by Crippen LogP contribution is -2.59. The lowest BCUT2D eigenvalue weighted by molar-refractivity contribution is -0.144. The van der Waals surface area contributed by atoms with Crippen LogP contribution >= 0.6 is 0 Å². The van der Waals surface area contributed by atoms with E-state index in [-0.39, 0.29) is 0 Å². The average molecular weight is 476 g/mol. The maximum absolute atomic E-state index is 12.7. The van der Waals surface area contributed by atoms with Crippen LogP contribution in [0.4, 0.5) is 0 Å². The van der Waals surface area contributed by atoms with Crippen LogP contribution in [0.3, 0.4) is 0 Å². The summed E-state index contributed by atoms with van der Waals surface area (Å²) in [6.45, 7) is 4.49. The summed E-state index contributed by atoms with van der Waals surface area (Å²) in [5, 5.41) is 43.1. The van der Waals surface area contributed by atoms with Crippen molar-refractivity contribution in [1.29, 1.82) is 0 Å². The van der Waals surface area contributed by atoms with Gasteiger partial charge in [0.2, 0.25) is 17.7 Å². The Labute approximate surface area is 189 Å². The maximum Gasteiger partial charge on any atom is 0.326 e. The van der Waals surface area contributed by atoms with E-state index in [1.54, 1.807) is 13.8 Å². The van der Waals surface area contributed by atoms with Gasteiger partial charge in [0.25, 0.3) is 0 Å². The molecule has 0 fully saturated rings. The predicted molar refractivity (Wildman–Crippen MR) is 112 cm³/mol. The molecule has 0 aliphatic heterocycles. The maximum atomic E-state index is 12.7. The summed E-state index contributed by atoms with van der Waals surface area (Å²) in [5.74, 6) is -7.66. The molecule has 0 bridgehead atoms. The van der Waals surface area contributed by atoms with Crippen LogP contribution in [-0.4, -0.2) is 86.3 Å². The van der Waals surface area contributed by atoms with E-state index >= 15 is 0 Å². The van der Waals surface area contributed by atoms with Crippen molar-refractivity contribution < 1.29 is 49.2 Å². The Hall–Kier alpha value is -3.26. The molecule has 33 heavy (non-hydrogen) atoms. The van der Waals surface area contributed by atoms with E-state index in [9.17, 15) is 39.0 Å². The van der Waals surface area contributed by atoms with E-state index in [1.165, 1.54) is 6.92 Å². The molecule has 0 saturated carbocycles. The largest absolute Gasteiger partial charge is 0.481 e. The minimum Gasteiger partial charge on any atom is -0.481 e. The molecule has 3 amide bonds. The van der Waals surface area contributed by atoms with E-state index < -0.39 is 91.1 Å². The van der Waals surface area contributed by atoms with Gasteiger partial charge in [0.1, 0.15) is 24.2 Å². The van der Waals surface area contributed by atoms with Crippen molar-refractivity contribution in [3.8, 4) is 0 Å². The van der Waals surface area contributed by atoms with Crippen molar-refractivity contribution >= 4 is 35.6 Å². The summed E-state index contributed by atoms with van der Waals surface area (Å²) < 4.78 is 0. The number of aliphatic hydroxyl groups is 1. The van der Waals surface area contributed by atoms with Gasteiger partial charge in [-0.3, -0.25) is 24.0 Å². The number of amides is 3. The van der Waals surface area contributed by atoms with Crippen LogP contribution in [0.2, 0.25) is 0 Å². The van der Waals surface area contributed by atoms with Crippen molar-refractivity contribution in [2.75, 3.05) is 0 Å². The summed E-state index contributed by atoms with van der Waals surface area (Å²) in [5.41, 5.74) is 5.49. The lowest BCUT2D eigenvalue weighted by atomic mass is 9.97. The average Bonchev–Trinajstić information content (AvgIpc) is 2.71. The summed E-state index contributed by atoms with van der Waals surface area (Å²) in [7, 11) is 0. The SMILES string of the molecule is CCC(C)C(NC(=O)C(CC(=O)O)NC(=O)C(N)C(C)O)C(=O)NC(CCC(=O)O)C(=O)O. The molecule has 9 N–H and O–H groups in total. The molecule has 188 valence electrons. The minimum absolute atomic E-state index is 0.355. The van der Waals surface area contributed by atoms with Gasteiger partial charge in [-0.25, -0.2) is 4.79 Å². The first-order valence-electron chi connectivity index (χ1n) is 10.2. The van der Waals surface area contributed by atoms with Crippen LogP contribution in [0.15, 0.2) is 0 Å². The van der Waals surface area contributed by atoms with Gasteiger partial charge < -0.3 is 42.1 Å². The standard InChI is InChI=1S/C19H32N4O10/c1-4-8(2)15(18(31)21-10(19(32)33)5-6-12(25)26)23-16(29)11(7-13(27)28)22-17(30)14(20)9(3)24/h8-11,14-15,24H,4-7,20H2,1-3H3,(H,21,31)(H,22,30)(H,23,29)(H,25,26)(H,27,28)(H,32,33). The van der Waals surface area contributed by atoms with Gasteiger partial charge >= 0.3 is 17.9 Å². The van der Waals surface area contributed by atoms with Gasteiger partial charge in [0, 0.05) is 6.42 Å². The van der Waals surface area contributed by atoms with Crippen molar-refractivity contribution in [2.45, 2.75) is 76.7 Å². The number of carbonyl (C=O) groups excluding carboxylic acids is 3. The monoisotopic (exact) mass is 476 g/mol. The molecular formula is C19H32N4O10. The van der Waals surface area contributed by atoms with Crippen molar-refractivity contribution in [1.82, 2.24) is 16.0 Å². The number of carboxylic acids is 3. The molecule has 0 heterocycles. The number of nitrogens with one attached hydrogen (secondary N) is 3. The third-order valence-corrected chi connectivity index (χ3v) is 4.89.